The maximum Gasteiger partial charge on any atom is 0.331 e. The first kappa shape index (κ1) is 22.5. The number of carboxylic acids is 1. The molecule has 1 N–H and O–H groups in total. The molecule has 1 heterocycles. The Morgan fingerprint density at radius 1 is 0.970 bits per heavy atom. The minimum absolute atomic E-state index is 0.382. The van der Waals surface area contributed by atoms with Crippen LogP contribution in [0.2, 0.25) is 0 Å². The summed E-state index contributed by atoms with van der Waals surface area (Å²) in [6, 6.07) is 24.8. The van der Waals surface area contributed by atoms with Gasteiger partial charge >= 0.3 is 5.97 Å². The molecule has 0 unspecified atom stereocenters. The number of aliphatic carboxylic acids is 1. The predicted octanol–water partition coefficient (Wildman–Crippen LogP) is 6.97. The number of aromatic nitrogens is 2. The average Bonchev–Trinajstić information content (AvgIpc) is 3.17. The lowest BCUT2D eigenvalue weighted by molar-refractivity contribution is -0.132. The van der Waals surface area contributed by atoms with Crippen LogP contribution in [0, 0.1) is 0 Å². The highest BCUT2D eigenvalue weighted by Gasteiger charge is 2.20. The fourth-order valence-corrected chi connectivity index (χ4v) is 4.24. The van der Waals surface area contributed by atoms with Gasteiger partial charge in [-0.15, -0.1) is 0 Å². The van der Waals surface area contributed by atoms with Crippen molar-refractivity contribution in [2.45, 2.75) is 46.1 Å². The van der Waals surface area contributed by atoms with E-state index in [1.54, 1.807) is 0 Å². The molecule has 0 aliphatic carbocycles. The summed E-state index contributed by atoms with van der Waals surface area (Å²) < 4.78 is 2.21. The first-order valence-electron chi connectivity index (χ1n) is 11.7. The van der Waals surface area contributed by atoms with Crippen molar-refractivity contribution in [2.24, 2.45) is 0 Å². The van der Waals surface area contributed by atoms with E-state index in [1.807, 2.05) is 49.4 Å². The molecule has 1 aromatic heterocycles. The Hall–Kier alpha value is -3.66. The Balaban J connectivity index is 1.99. The highest BCUT2D eigenvalue weighted by atomic mass is 16.4. The van der Waals surface area contributed by atoms with Crippen molar-refractivity contribution in [1.82, 2.24) is 9.55 Å². The molecule has 4 rings (SSSR count). The normalized spacial score (nSPS) is 11.8. The van der Waals surface area contributed by atoms with E-state index in [4.69, 9.17) is 4.98 Å². The van der Waals surface area contributed by atoms with Crippen LogP contribution in [0.15, 0.2) is 78.4 Å². The van der Waals surface area contributed by atoms with Crippen LogP contribution in [-0.2, 0) is 17.8 Å². The SMILES string of the molecule is CCCCc1nc(-c2cccc3ccccc23)c(C=C(CC)C(=O)O)n1Cc1ccccc1. The molecule has 0 radical (unpaired) electrons. The summed E-state index contributed by atoms with van der Waals surface area (Å²) in [5.41, 5.74) is 4.29. The van der Waals surface area contributed by atoms with Crippen LogP contribution in [0.1, 0.15) is 50.2 Å². The van der Waals surface area contributed by atoms with Crippen LogP contribution in [-0.4, -0.2) is 20.6 Å². The van der Waals surface area contributed by atoms with Gasteiger partial charge in [-0.1, -0.05) is 93.1 Å². The first-order chi connectivity index (χ1) is 16.1. The number of nitrogens with zero attached hydrogens (tertiary/aromatic N) is 2. The highest BCUT2D eigenvalue weighted by molar-refractivity contribution is 5.99. The third-order valence-electron chi connectivity index (χ3n) is 6.03. The number of hydrogen-bond acceptors (Lipinski definition) is 2. The number of unbranched alkanes of at least 4 members (excludes halogenated alkanes) is 1. The molecular weight excluding hydrogens is 408 g/mol. The monoisotopic (exact) mass is 438 g/mol. The highest BCUT2D eigenvalue weighted by Crippen LogP contribution is 2.33. The zero-order valence-corrected chi connectivity index (χ0v) is 19.3. The molecule has 33 heavy (non-hydrogen) atoms. The van der Waals surface area contributed by atoms with Gasteiger partial charge in [-0.2, -0.15) is 0 Å². The predicted molar refractivity (Wildman–Crippen MR) is 135 cm³/mol. The van der Waals surface area contributed by atoms with Crippen LogP contribution in [0.3, 0.4) is 0 Å². The fraction of sp³-hybridized carbons (Fsp3) is 0.241. The van der Waals surface area contributed by atoms with Gasteiger partial charge in [0.05, 0.1) is 11.4 Å². The van der Waals surface area contributed by atoms with Crippen molar-refractivity contribution in [2.75, 3.05) is 0 Å². The second-order valence-electron chi connectivity index (χ2n) is 8.29. The zero-order chi connectivity index (χ0) is 23.2. The van der Waals surface area contributed by atoms with Crippen LogP contribution in [0.5, 0.6) is 0 Å². The summed E-state index contributed by atoms with van der Waals surface area (Å²) >= 11 is 0. The van der Waals surface area contributed by atoms with E-state index < -0.39 is 5.97 Å². The second kappa shape index (κ2) is 10.3. The van der Waals surface area contributed by atoms with E-state index in [0.717, 1.165) is 52.8 Å². The molecule has 0 aliphatic rings. The Labute approximate surface area is 195 Å². The molecule has 0 fully saturated rings. The number of imidazole rings is 1. The number of benzene rings is 3. The number of rotatable bonds is 9. The zero-order valence-electron chi connectivity index (χ0n) is 19.3. The molecule has 0 amide bonds. The van der Waals surface area contributed by atoms with Gasteiger partial charge in [0.2, 0.25) is 0 Å². The Morgan fingerprint density at radius 2 is 1.70 bits per heavy atom. The van der Waals surface area contributed by atoms with Crippen molar-refractivity contribution in [1.29, 1.82) is 0 Å². The van der Waals surface area contributed by atoms with E-state index in [1.165, 1.54) is 5.56 Å². The molecule has 3 aromatic carbocycles. The van der Waals surface area contributed by atoms with E-state index >= 15 is 0 Å². The van der Waals surface area contributed by atoms with Crippen LogP contribution in [0.25, 0.3) is 28.1 Å². The lowest BCUT2D eigenvalue weighted by atomic mass is 10.00. The number of aryl methyl sites for hydroxylation is 1. The number of hydrogen-bond donors (Lipinski definition) is 1. The lowest BCUT2D eigenvalue weighted by Gasteiger charge is -2.12. The number of carbonyl (C=O) groups is 1. The van der Waals surface area contributed by atoms with Gasteiger partial charge in [-0.05, 0) is 35.3 Å². The van der Waals surface area contributed by atoms with Gasteiger partial charge in [0.25, 0.3) is 0 Å². The van der Waals surface area contributed by atoms with Gasteiger partial charge in [0.15, 0.2) is 0 Å². The van der Waals surface area contributed by atoms with Crippen molar-refractivity contribution in [3.8, 4) is 11.3 Å². The standard InChI is InChI=1S/C29H30N2O2/c1-3-5-18-27-30-28(25-17-11-15-23-14-9-10-16-24(23)25)26(19-22(4-2)29(32)33)31(27)20-21-12-7-6-8-13-21/h6-17,19H,3-5,18,20H2,1-2H3,(H,32,33). The molecule has 0 spiro atoms. The van der Waals surface area contributed by atoms with Gasteiger partial charge in [-0.25, -0.2) is 9.78 Å². The Bertz CT molecular complexity index is 1280. The molecule has 168 valence electrons. The number of fused-ring (bicyclic) bond motifs is 1. The topological polar surface area (TPSA) is 55.1 Å². The van der Waals surface area contributed by atoms with Crippen molar-refractivity contribution < 1.29 is 9.90 Å². The maximum absolute atomic E-state index is 11.9. The molecular formula is C29H30N2O2. The maximum atomic E-state index is 11.9. The summed E-state index contributed by atoms with van der Waals surface area (Å²) in [6.45, 7) is 4.71. The van der Waals surface area contributed by atoms with Crippen molar-refractivity contribution in [3.05, 3.63) is 95.5 Å². The largest absolute Gasteiger partial charge is 0.478 e. The van der Waals surface area contributed by atoms with E-state index in [2.05, 4.69) is 47.9 Å². The average molecular weight is 439 g/mol. The Morgan fingerprint density at radius 3 is 2.42 bits per heavy atom. The Kier molecular flexibility index (Phi) is 7.04. The fourth-order valence-electron chi connectivity index (χ4n) is 4.24. The lowest BCUT2D eigenvalue weighted by Crippen LogP contribution is -2.08. The van der Waals surface area contributed by atoms with Gasteiger partial charge in [0.1, 0.15) is 5.82 Å². The quantitative estimate of drug-likeness (QED) is 0.287. The van der Waals surface area contributed by atoms with Crippen molar-refractivity contribution >= 4 is 22.8 Å². The van der Waals surface area contributed by atoms with E-state index in [0.29, 0.717) is 18.5 Å². The summed E-state index contributed by atoms with van der Waals surface area (Å²) in [7, 11) is 0. The van der Waals surface area contributed by atoms with Crippen LogP contribution >= 0.6 is 0 Å². The summed E-state index contributed by atoms with van der Waals surface area (Å²) in [5.74, 6) is 0.111. The third-order valence-corrected chi connectivity index (χ3v) is 6.03. The molecule has 0 saturated heterocycles. The minimum atomic E-state index is -0.885. The van der Waals surface area contributed by atoms with E-state index in [-0.39, 0.29) is 0 Å². The van der Waals surface area contributed by atoms with E-state index in [9.17, 15) is 9.90 Å². The smallest absolute Gasteiger partial charge is 0.331 e. The molecule has 0 atom stereocenters. The molecule has 0 saturated carbocycles. The summed E-state index contributed by atoms with van der Waals surface area (Å²) in [6.07, 6.45) is 5.23. The molecule has 0 bridgehead atoms. The van der Waals surface area contributed by atoms with Gasteiger partial charge in [0, 0.05) is 24.1 Å². The van der Waals surface area contributed by atoms with Gasteiger partial charge < -0.3 is 9.67 Å². The van der Waals surface area contributed by atoms with Crippen molar-refractivity contribution in [3.63, 3.8) is 0 Å². The summed E-state index contributed by atoms with van der Waals surface area (Å²) in [4.78, 5) is 17.1. The second-order valence-corrected chi connectivity index (χ2v) is 8.29. The molecule has 4 aromatic rings. The molecule has 0 aliphatic heterocycles. The van der Waals surface area contributed by atoms with Gasteiger partial charge in [-0.3, -0.25) is 0 Å². The van der Waals surface area contributed by atoms with Crippen LogP contribution < -0.4 is 0 Å². The minimum Gasteiger partial charge on any atom is -0.478 e. The van der Waals surface area contributed by atoms with Crippen LogP contribution in [0.4, 0.5) is 0 Å². The molecule has 4 heteroatoms. The summed E-state index contributed by atoms with van der Waals surface area (Å²) in [5, 5.41) is 12.1. The third kappa shape index (κ3) is 4.90. The first-order valence-corrected chi connectivity index (χ1v) is 11.7. The molecule has 4 nitrogen and oxygen atoms in total. The number of carboxylic acid groups (broad SMARTS) is 1.